The number of piperazine rings is 1. The maximum absolute atomic E-state index is 10.1. The SMILES string of the molecule is CCCC(c1ccccc1)N1CCNCC1O. The van der Waals surface area contributed by atoms with Gasteiger partial charge in [0.2, 0.25) is 0 Å². The molecule has 94 valence electrons. The second kappa shape index (κ2) is 6.15. The fourth-order valence-corrected chi connectivity index (χ4v) is 2.54. The van der Waals surface area contributed by atoms with E-state index in [0.29, 0.717) is 12.6 Å². The average molecular weight is 234 g/mol. The largest absolute Gasteiger partial charge is 0.377 e. The Bertz CT molecular complexity index is 328. The molecule has 2 rings (SSSR count). The zero-order valence-electron chi connectivity index (χ0n) is 10.5. The zero-order valence-corrected chi connectivity index (χ0v) is 10.5. The monoisotopic (exact) mass is 234 g/mol. The van der Waals surface area contributed by atoms with E-state index in [0.717, 1.165) is 25.9 Å². The number of nitrogens with zero attached hydrogens (tertiary/aromatic N) is 1. The van der Waals surface area contributed by atoms with E-state index in [9.17, 15) is 5.11 Å². The van der Waals surface area contributed by atoms with Crippen molar-refractivity contribution in [1.82, 2.24) is 10.2 Å². The maximum atomic E-state index is 10.1. The molecule has 0 spiro atoms. The molecule has 1 fully saturated rings. The third-order valence-electron chi connectivity index (χ3n) is 3.40. The summed E-state index contributed by atoms with van der Waals surface area (Å²) in [6.07, 6.45) is 1.87. The highest BCUT2D eigenvalue weighted by Gasteiger charge is 2.27. The van der Waals surface area contributed by atoms with Crippen LogP contribution in [0.1, 0.15) is 31.4 Å². The average Bonchev–Trinajstić information content (AvgIpc) is 2.38. The van der Waals surface area contributed by atoms with Crippen LogP contribution in [-0.4, -0.2) is 35.9 Å². The Balaban J connectivity index is 2.16. The van der Waals surface area contributed by atoms with Gasteiger partial charge in [-0.1, -0.05) is 43.7 Å². The van der Waals surface area contributed by atoms with Crippen LogP contribution in [0.15, 0.2) is 30.3 Å². The van der Waals surface area contributed by atoms with E-state index in [2.05, 4.69) is 41.4 Å². The standard InChI is InChI=1S/C14H22N2O/c1-2-6-13(12-7-4-3-5-8-12)16-10-9-15-11-14(16)17/h3-5,7-8,13-15,17H,2,6,9-11H2,1H3. The Morgan fingerprint density at radius 1 is 1.41 bits per heavy atom. The van der Waals surface area contributed by atoms with Gasteiger partial charge in [-0.3, -0.25) is 4.90 Å². The lowest BCUT2D eigenvalue weighted by Gasteiger charge is -2.39. The molecule has 0 bridgehead atoms. The maximum Gasteiger partial charge on any atom is 0.120 e. The first-order valence-corrected chi connectivity index (χ1v) is 6.52. The zero-order chi connectivity index (χ0) is 12.1. The van der Waals surface area contributed by atoms with Gasteiger partial charge in [-0.2, -0.15) is 0 Å². The topological polar surface area (TPSA) is 35.5 Å². The van der Waals surface area contributed by atoms with Crippen LogP contribution in [-0.2, 0) is 0 Å². The van der Waals surface area contributed by atoms with Gasteiger partial charge in [0.1, 0.15) is 6.23 Å². The molecule has 1 aliphatic rings. The molecule has 1 aliphatic heterocycles. The first-order chi connectivity index (χ1) is 8.33. The molecule has 1 saturated heterocycles. The minimum atomic E-state index is -0.361. The van der Waals surface area contributed by atoms with Gasteiger partial charge in [-0.25, -0.2) is 0 Å². The number of nitrogens with one attached hydrogen (secondary N) is 1. The molecular weight excluding hydrogens is 212 g/mol. The molecule has 0 aromatic heterocycles. The summed E-state index contributed by atoms with van der Waals surface area (Å²) in [5.74, 6) is 0. The molecule has 1 aromatic rings. The van der Waals surface area contributed by atoms with Crippen LogP contribution in [0.25, 0.3) is 0 Å². The molecule has 2 N–H and O–H groups in total. The number of aliphatic hydroxyl groups excluding tert-OH is 1. The van der Waals surface area contributed by atoms with E-state index in [1.165, 1.54) is 5.56 Å². The summed E-state index contributed by atoms with van der Waals surface area (Å²) in [7, 11) is 0. The summed E-state index contributed by atoms with van der Waals surface area (Å²) in [4.78, 5) is 2.22. The fourth-order valence-electron chi connectivity index (χ4n) is 2.54. The van der Waals surface area contributed by atoms with E-state index in [1.54, 1.807) is 0 Å². The summed E-state index contributed by atoms with van der Waals surface area (Å²) < 4.78 is 0. The van der Waals surface area contributed by atoms with Crippen molar-refractivity contribution in [1.29, 1.82) is 0 Å². The van der Waals surface area contributed by atoms with E-state index < -0.39 is 0 Å². The number of benzene rings is 1. The lowest BCUT2D eigenvalue weighted by molar-refractivity contribution is -0.0432. The van der Waals surface area contributed by atoms with Gasteiger partial charge in [0, 0.05) is 25.7 Å². The minimum Gasteiger partial charge on any atom is -0.377 e. The van der Waals surface area contributed by atoms with Gasteiger partial charge in [0.25, 0.3) is 0 Å². The molecule has 0 aliphatic carbocycles. The lowest BCUT2D eigenvalue weighted by atomic mass is 9.99. The molecule has 3 heteroatoms. The van der Waals surface area contributed by atoms with Crippen LogP contribution in [0.2, 0.25) is 0 Å². The predicted molar refractivity (Wildman–Crippen MR) is 69.7 cm³/mol. The van der Waals surface area contributed by atoms with E-state index >= 15 is 0 Å². The van der Waals surface area contributed by atoms with Crippen LogP contribution in [0.5, 0.6) is 0 Å². The Morgan fingerprint density at radius 3 is 2.82 bits per heavy atom. The van der Waals surface area contributed by atoms with Crippen molar-refractivity contribution >= 4 is 0 Å². The van der Waals surface area contributed by atoms with E-state index in [4.69, 9.17) is 0 Å². The second-order valence-electron chi connectivity index (χ2n) is 4.64. The van der Waals surface area contributed by atoms with Crippen molar-refractivity contribution in [3.8, 4) is 0 Å². The quantitative estimate of drug-likeness (QED) is 0.833. The second-order valence-corrected chi connectivity index (χ2v) is 4.64. The predicted octanol–water partition coefficient (Wildman–Crippen LogP) is 1.75. The van der Waals surface area contributed by atoms with Crippen LogP contribution >= 0.6 is 0 Å². The highest BCUT2D eigenvalue weighted by molar-refractivity contribution is 5.19. The molecular formula is C14H22N2O. The molecule has 2 atom stereocenters. The Labute approximate surface area is 103 Å². The molecule has 0 radical (unpaired) electrons. The van der Waals surface area contributed by atoms with Crippen molar-refractivity contribution in [2.75, 3.05) is 19.6 Å². The first kappa shape index (κ1) is 12.6. The molecule has 0 amide bonds. The Kier molecular flexibility index (Phi) is 4.54. The normalized spacial score (nSPS) is 23.5. The summed E-state index contributed by atoms with van der Waals surface area (Å²) in [5, 5.41) is 13.3. The van der Waals surface area contributed by atoms with Crippen molar-refractivity contribution < 1.29 is 5.11 Å². The van der Waals surface area contributed by atoms with Crippen molar-refractivity contribution in [2.45, 2.75) is 32.0 Å². The van der Waals surface area contributed by atoms with Crippen molar-refractivity contribution in [2.24, 2.45) is 0 Å². The lowest BCUT2D eigenvalue weighted by Crippen LogP contribution is -2.52. The van der Waals surface area contributed by atoms with Gasteiger partial charge in [-0.15, -0.1) is 0 Å². The number of β-amino-alcohol motifs (C(OH)–C–C–N with tert-alkyl or cyclic N) is 1. The minimum absolute atomic E-state index is 0.346. The molecule has 3 nitrogen and oxygen atoms in total. The molecule has 2 unspecified atom stereocenters. The highest BCUT2D eigenvalue weighted by Crippen LogP contribution is 2.27. The van der Waals surface area contributed by atoms with E-state index in [-0.39, 0.29) is 6.23 Å². The Hall–Kier alpha value is -0.900. The van der Waals surface area contributed by atoms with Crippen LogP contribution in [0.4, 0.5) is 0 Å². The summed E-state index contributed by atoms with van der Waals surface area (Å²) >= 11 is 0. The summed E-state index contributed by atoms with van der Waals surface area (Å²) in [6.45, 7) is 4.75. The fraction of sp³-hybridized carbons (Fsp3) is 0.571. The third-order valence-corrected chi connectivity index (χ3v) is 3.40. The summed E-state index contributed by atoms with van der Waals surface area (Å²) in [6, 6.07) is 10.9. The van der Waals surface area contributed by atoms with Gasteiger partial charge in [0.15, 0.2) is 0 Å². The van der Waals surface area contributed by atoms with Gasteiger partial charge in [-0.05, 0) is 12.0 Å². The molecule has 17 heavy (non-hydrogen) atoms. The van der Waals surface area contributed by atoms with E-state index in [1.807, 2.05) is 6.07 Å². The number of aliphatic hydroxyl groups is 1. The van der Waals surface area contributed by atoms with Crippen molar-refractivity contribution in [3.05, 3.63) is 35.9 Å². The van der Waals surface area contributed by atoms with Crippen LogP contribution in [0, 0.1) is 0 Å². The Morgan fingerprint density at radius 2 is 2.18 bits per heavy atom. The smallest absolute Gasteiger partial charge is 0.120 e. The molecule has 1 aromatic carbocycles. The third kappa shape index (κ3) is 3.06. The highest BCUT2D eigenvalue weighted by atomic mass is 16.3. The number of hydrogen-bond donors (Lipinski definition) is 2. The van der Waals surface area contributed by atoms with Gasteiger partial charge in [0.05, 0.1) is 0 Å². The van der Waals surface area contributed by atoms with Gasteiger partial charge >= 0.3 is 0 Å². The van der Waals surface area contributed by atoms with Gasteiger partial charge < -0.3 is 10.4 Å². The first-order valence-electron chi connectivity index (χ1n) is 6.52. The van der Waals surface area contributed by atoms with Crippen LogP contribution < -0.4 is 5.32 Å². The van der Waals surface area contributed by atoms with Crippen molar-refractivity contribution in [3.63, 3.8) is 0 Å². The molecule has 1 heterocycles. The molecule has 0 saturated carbocycles. The number of hydrogen-bond acceptors (Lipinski definition) is 3. The number of rotatable bonds is 4. The summed E-state index contributed by atoms with van der Waals surface area (Å²) in [5.41, 5.74) is 1.32. The van der Waals surface area contributed by atoms with Crippen LogP contribution in [0.3, 0.4) is 0 Å².